The Morgan fingerprint density at radius 2 is 1.94 bits per heavy atom. The Bertz CT molecular complexity index is 391. The van der Waals surface area contributed by atoms with Crippen molar-refractivity contribution in [2.75, 3.05) is 19.6 Å². The summed E-state index contributed by atoms with van der Waals surface area (Å²) in [6.45, 7) is 5.87. The number of nitrogens with two attached hydrogens (primary N) is 1. The van der Waals surface area contributed by atoms with E-state index in [-0.39, 0.29) is 17.8 Å². The average molecular weight is 310 g/mol. The molecule has 0 bridgehead atoms. The molecule has 1 heterocycles. The van der Waals surface area contributed by atoms with Gasteiger partial charge < -0.3 is 5.73 Å². The smallest absolute Gasteiger partial charge is 0.0465 e. The lowest BCUT2D eigenvalue weighted by Crippen LogP contribution is -2.31. The average Bonchev–Trinajstić information content (AvgIpc) is 2.67. The molecule has 1 fully saturated rings. The molecule has 2 rings (SSSR count). The number of likely N-dealkylation sites (tertiary alicyclic amines) is 1. The Morgan fingerprint density at radius 3 is 2.44 bits per heavy atom. The van der Waals surface area contributed by atoms with Crippen molar-refractivity contribution in [2.45, 2.75) is 19.9 Å². The van der Waals surface area contributed by atoms with Gasteiger partial charge in [-0.15, -0.1) is 12.4 Å². The summed E-state index contributed by atoms with van der Waals surface area (Å²) in [5.74, 6) is 0. The molecule has 1 aromatic carbocycles. The first kappa shape index (κ1) is 16.1. The highest BCUT2D eigenvalue weighted by molar-refractivity contribution is 6.35. The summed E-state index contributed by atoms with van der Waals surface area (Å²) in [7, 11) is 0. The molecule has 18 heavy (non-hydrogen) atoms. The molecular formula is C13H19Cl3N2. The van der Waals surface area contributed by atoms with Gasteiger partial charge in [-0.2, -0.15) is 0 Å². The van der Waals surface area contributed by atoms with Gasteiger partial charge in [0.15, 0.2) is 0 Å². The summed E-state index contributed by atoms with van der Waals surface area (Å²) in [5, 5.41) is 1.50. The molecule has 1 saturated heterocycles. The van der Waals surface area contributed by atoms with E-state index in [1.54, 1.807) is 0 Å². The lowest BCUT2D eigenvalue weighted by atomic mass is 9.90. The molecule has 0 aliphatic carbocycles. The molecule has 2 nitrogen and oxygen atoms in total. The summed E-state index contributed by atoms with van der Waals surface area (Å²) in [6.07, 6.45) is 1.14. The van der Waals surface area contributed by atoms with Crippen molar-refractivity contribution in [3.8, 4) is 0 Å². The lowest BCUT2D eigenvalue weighted by molar-refractivity contribution is 0.274. The zero-order chi connectivity index (χ0) is 12.5. The van der Waals surface area contributed by atoms with Crippen LogP contribution in [0.2, 0.25) is 10.0 Å². The van der Waals surface area contributed by atoms with Crippen LogP contribution in [0.5, 0.6) is 0 Å². The van der Waals surface area contributed by atoms with Crippen LogP contribution in [0.4, 0.5) is 0 Å². The summed E-state index contributed by atoms with van der Waals surface area (Å²) >= 11 is 12.4. The molecule has 1 unspecified atom stereocenters. The van der Waals surface area contributed by atoms with Gasteiger partial charge in [-0.05, 0) is 37.1 Å². The molecule has 1 aliphatic rings. The van der Waals surface area contributed by atoms with Gasteiger partial charge in [0.25, 0.3) is 0 Å². The van der Waals surface area contributed by atoms with Crippen molar-refractivity contribution in [3.05, 3.63) is 33.8 Å². The zero-order valence-electron chi connectivity index (χ0n) is 10.5. The van der Waals surface area contributed by atoms with Crippen molar-refractivity contribution in [2.24, 2.45) is 11.1 Å². The molecule has 0 aromatic heterocycles. The van der Waals surface area contributed by atoms with Crippen LogP contribution in [0.25, 0.3) is 0 Å². The van der Waals surface area contributed by atoms with Crippen molar-refractivity contribution in [3.63, 3.8) is 0 Å². The van der Waals surface area contributed by atoms with Crippen molar-refractivity contribution in [1.29, 1.82) is 0 Å². The summed E-state index contributed by atoms with van der Waals surface area (Å²) in [6, 6.07) is 5.66. The van der Waals surface area contributed by atoms with Crippen LogP contribution in [0.3, 0.4) is 0 Å². The summed E-state index contributed by atoms with van der Waals surface area (Å²) in [5.41, 5.74) is 7.07. The number of nitrogens with zero attached hydrogens (tertiary/aromatic N) is 1. The van der Waals surface area contributed by atoms with Crippen LogP contribution in [0.1, 0.15) is 18.9 Å². The van der Waals surface area contributed by atoms with E-state index < -0.39 is 0 Å². The van der Waals surface area contributed by atoms with Crippen LogP contribution in [0, 0.1) is 5.41 Å². The van der Waals surface area contributed by atoms with Crippen molar-refractivity contribution >= 4 is 35.6 Å². The fourth-order valence-corrected chi connectivity index (χ4v) is 2.85. The highest BCUT2D eigenvalue weighted by atomic mass is 35.5. The summed E-state index contributed by atoms with van der Waals surface area (Å²) in [4.78, 5) is 2.37. The van der Waals surface area contributed by atoms with Gasteiger partial charge in [0, 0.05) is 28.7 Å². The second-order valence-electron chi connectivity index (χ2n) is 5.18. The van der Waals surface area contributed by atoms with Gasteiger partial charge in [0.05, 0.1) is 0 Å². The van der Waals surface area contributed by atoms with Gasteiger partial charge in [0.1, 0.15) is 0 Å². The number of hydrogen-bond donors (Lipinski definition) is 1. The Hall–Kier alpha value is 0.01000. The first-order chi connectivity index (χ1) is 8.04. The molecule has 102 valence electrons. The molecule has 1 aliphatic heterocycles. The molecule has 1 atom stereocenters. The van der Waals surface area contributed by atoms with E-state index in [4.69, 9.17) is 28.9 Å². The second kappa shape index (κ2) is 6.44. The molecule has 2 N–H and O–H groups in total. The molecule has 1 aromatic rings. The standard InChI is InChI=1S/C13H18Cl2N2.ClH/c1-13(8-16)5-6-17(9-13)7-10-11(14)3-2-4-12(10)15;/h2-4H,5-9,16H2,1H3;1H. The van der Waals surface area contributed by atoms with Gasteiger partial charge in [0.2, 0.25) is 0 Å². The number of benzene rings is 1. The Labute approximate surface area is 125 Å². The first-order valence-corrected chi connectivity index (χ1v) is 6.65. The van der Waals surface area contributed by atoms with Crippen LogP contribution in [-0.2, 0) is 6.54 Å². The van der Waals surface area contributed by atoms with Crippen molar-refractivity contribution in [1.82, 2.24) is 4.90 Å². The lowest BCUT2D eigenvalue weighted by Gasteiger charge is -2.23. The van der Waals surface area contributed by atoms with Gasteiger partial charge in [-0.1, -0.05) is 36.2 Å². The third-order valence-electron chi connectivity index (χ3n) is 3.57. The minimum absolute atomic E-state index is 0. The Balaban J connectivity index is 0.00000162. The first-order valence-electron chi connectivity index (χ1n) is 5.89. The fraction of sp³-hybridized carbons (Fsp3) is 0.538. The van der Waals surface area contributed by atoms with Crippen LogP contribution in [-0.4, -0.2) is 24.5 Å². The minimum atomic E-state index is 0. The van der Waals surface area contributed by atoms with E-state index in [0.29, 0.717) is 0 Å². The minimum Gasteiger partial charge on any atom is -0.330 e. The van der Waals surface area contributed by atoms with Gasteiger partial charge >= 0.3 is 0 Å². The Morgan fingerprint density at radius 1 is 1.33 bits per heavy atom. The third-order valence-corrected chi connectivity index (χ3v) is 4.28. The van der Waals surface area contributed by atoms with Crippen LogP contribution < -0.4 is 5.73 Å². The monoisotopic (exact) mass is 308 g/mol. The van der Waals surface area contributed by atoms with E-state index in [0.717, 1.165) is 48.2 Å². The van der Waals surface area contributed by atoms with Crippen LogP contribution >= 0.6 is 35.6 Å². The quantitative estimate of drug-likeness (QED) is 0.924. The highest BCUT2D eigenvalue weighted by Gasteiger charge is 2.32. The predicted octanol–water partition coefficient (Wildman–Crippen LogP) is 3.59. The molecule has 0 saturated carbocycles. The largest absolute Gasteiger partial charge is 0.330 e. The summed E-state index contributed by atoms with van der Waals surface area (Å²) < 4.78 is 0. The molecule has 5 heteroatoms. The number of hydrogen-bond acceptors (Lipinski definition) is 2. The van der Waals surface area contributed by atoms with E-state index >= 15 is 0 Å². The third kappa shape index (κ3) is 3.52. The maximum Gasteiger partial charge on any atom is 0.0465 e. The topological polar surface area (TPSA) is 29.3 Å². The molecule has 0 radical (unpaired) electrons. The number of halogens is 3. The molecule has 0 amide bonds. The van der Waals surface area contributed by atoms with Gasteiger partial charge in [-0.3, -0.25) is 4.90 Å². The van der Waals surface area contributed by atoms with Gasteiger partial charge in [-0.25, -0.2) is 0 Å². The Kier molecular flexibility index (Phi) is 5.75. The molecule has 0 spiro atoms. The zero-order valence-corrected chi connectivity index (χ0v) is 12.8. The van der Waals surface area contributed by atoms with Crippen LogP contribution in [0.15, 0.2) is 18.2 Å². The number of rotatable bonds is 3. The highest BCUT2D eigenvalue weighted by Crippen LogP contribution is 2.32. The van der Waals surface area contributed by atoms with E-state index in [1.165, 1.54) is 0 Å². The fourth-order valence-electron chi connectivity index (χ4n) is 2.33. The van der Waals surface area contributed by atoms with E-state index in [1.807, 2.05) is 18.2 Å². The second-order valence-corrected chi connectivity index (χ2v) is 5.99. The normalized spacial score (nSPS) is 24.0. The van der Waals surface area contributed by atoms with Crippen molar-refractivity contribution < 1.29 is 0 Å². The SMILES string of the molecule is CC1(CN)CCN(Cc2c(Cl)cccc2Cl)C1.Cl. The molecular weight excluding hydrogens is 291 g/mol. The maximum absolute atomic E-state index is 6.18. The van der Waals surface area contributed by atoms with E-state index in [2.05, 4.69) is 11.8 Å². The maximum atomic E-state index is 6.18. The van der Waals surface area contributed by atoms with E-state index in [9.17, 15) is 0 Å². The predicted molar refractivity (Wildman–Crippen MR) is 80.8 cm³/mol.